The van der Waals surface area contributed by atoms with Crippen molar-refractivity contribution in [3.63, 3.8) is 0 Å². The summed E-state index contributed by atoms with van der Waals surface area (Å²) in [5.74, 6) is -0.772. The van der Waals surface area contributed by atoms with Crippen molar-refractivity contribution in [3.05, 3.63) is 35.4 Å². The monoisotopic (exact) mass is 192 g/mol. The summed E-state index contributed by atoms with van der Waals surface area (Å²) in [5.41, 5.74) is 1.89. The van der Waals surface area contributed by atoms with E-state index in [0.29, 0.717) is 6.42 Å². The first-order chi connectivity index (χ1) is 6.74. The van der Waals surface area contributed by atoms with Crippen molar-refractivity contribution in [3.8, 4) is 0 Å². The number of esters is 1. The van der Waals surface area contributed by atoms with E-state index in [1.165, 1.54) is 7.11 Å². The van der Waals surface area contributed by atoms with Gasteiger partial charge in [0.25, 0.3) is 0 Å². The van der Waals surface area contributed by atoms with Crippen LogP contribution in [0.1, 0.15) is 17.2 Å². The minimum atomic E-state index is -0.710. The Bertz CT molecular complexity index is 359. The molecule has 0 aliphatic heterocycles. The molecule has 0 bridgehead atoms. The van der Waals surface area contributed by atoms with E-state index in [9.17, 15) is 9.90 Å². The molecule has 0 aromatic heterocycles. The zero-order chi connectivity index (χ0) is 10.1. The van der Waals surface area contributed by atoms with Gasteiger partial charge in [-0.25, -0.2) is 0 Å². The smallest absolute Gasteiger partial charge is 0.311 e. The zero-order valence-electron chi connectivity index (χ0n) is 7.93. The topological polar surface area (TPSA) is 46.5 Å². The van der Waals surface area contributed by atoms with Crippen molar-refractivity contribution in [2.45, 2.75) is 12.5 Å². The third kappa shape index (κ3) is 1.30. The van der Waals surface area contributed by atoms with E-state index in [1.54, 1.807) is 0 Å². The molecule has 0 unspecified atom stereocenters. The zero-order valence-corrected chi connectivity index (χ0v) is 7.93. The van der Waals surface area contributed by atoms with E-state index >= 15 is 0 Å². The quantitative estimate of drug-likeness (QED) is 0.677. The molecule has 1 aromatic rings. The highest BCUT2D eigenvalue weighted by atomic mass is 16.5. The summed E-state index contributed by atoms with van der Waals surface area (Å²) in [6.45, 7) is 0. The van der Waals surface area contributed by atoms with Gasteiger partial charge in [0.2, 0.25) is 0 Å². The van der Waals surface area contributed by atoms with Crippen molar-refractivity contribution in [2.75, 3.05) is 7.11 Å². The Morgan fingerprint density at radius 1 is 1.50 bits per heavy atom. The number of fused-ring (bicyclic) bond motifs is 1. The largest absolute Gasteiger partial charge is 0.469 e. The lowest BCUT2D eigenvalue weighted by Crippen LogP contribution is -2.20. The predicted octanol–water partition coefficient (Wildman–Crippen LogP) is 1.07. The van der Waals surface area contributed by atoms with Gasteiger partial charge in [-0.2, -0.15) is 0 Å². The molecule has 0 fully saturated rings. The lowest BCUT2D eigenvalue weighted by Gasteiger charge is -2.11. The summed E-state index contributed by atoms with van der Waals surface area (Å²) in [4.78, 5) is 11.3. The highest BCUT2D eigenvalue weighted by Gasteiger charge is 2.36. The van der Waals surface area contributed by atoms with Crippen molar-refractivity contribution >= 4 is 5.97 Å². The molecular formula is C11H12O3. The Morgan fingerprint density at radius 3 is 2.86 bits per heavy atom. The Labute approximate surface area is 82.3 Å². The van der Waals surface area contributed by atoms with Crippen LogP contribution in [0.4, 0.5) is 0 Å². The highest BCUT2D eigenvalue weighted by molar-refractivity contribution is 5.75. The summed E-state index contributed by atoms with van der Waals surface area (Å²) in [7, 11) is 1.35. The number of rotatable bonds is 1. The molecule has 0 heterocycles. The van der Waals surface area contributed by atoms with Crippen LogP contribution in [0.15, 0.2) is 24.3 Å². The average molecular weight is 192 g/mol. The van der Waals surface area contributed by atoms with E-state index in [4.69, 9.17) is 0 Å². The highest BCUT2D eigenvalue weighted by Crippen LogP contribution is 2.36. The average Bonchev–Trinajstić information content (AvgIpc) is 2.56. The van der Waals surface area contributed by atoms with Crippen LogP contribution in [0.3, 0.4) is 0 Å². The number of carbonyl (C=O) groups excluding carboxylic acids is 1. The van der Waals surface area contributed by atoms with Gasteiger partial charge < -0.3 is 9.84 Å². The number of aliphatic hydroxyl groups is 1. The Hall–Kier alpha value is -1.35. The number of hydrogen-bond acceptors (Lipinski definition) is 3. The Morgan fingerprint density at radius 2 is 2.21 bits per heavy atom. The van der Waals surface area contributed by atoms with Gasteiger partial charge >= 0.3 is 5.97 Å². The summed E-state index contributed by atoms with van der Waals surface area (Å²) in [5, 5.41) is 9.84. The van der Waals surface area contributed by atoms with Crippen LogP contribution in [-0.2, 0) is 16.0 Å². The number of hydrogen-bond donors (Lipinski definition) is 1. The van der Waals surface area contributed by atoms with Gasteiger partial charge in [-0.05, 0) is 17.5 Å². The molecular weight excluding hydrogens is 180 g/mol. The number of aliphatic hydroxyl groups excluding tert-OH is 1. The molecule has 1 aliphatic rings. The van der Waals surface area contributed by atoms with E-state index in [0.717, 1.165) is 11.1 Å². The second-order valence-corrected chi connectivity index (χ2v) is 3.48. The van der Waals surface area contributed by atoms with Crippen molar-refractivity contribution in [2.24, 2.45) is 5.92 Å². The molecule has 3 heteroatoms. The maximum absolute atomic E-state index is 11.3. The molecule has 2 atom stereocenters. The van der Waals surface area contributed by atoms with Gasteiger partial charge in [0, 0.05) is 0 Å². The normalized spacial score (nSPS) is 24.4. The van der Waals surface area contributed by atoms with Gasteiger partial charge in [0.15, 0.2) is 0 Å². The third-order valence-electron chi connectivity index (χ3n) is 2.70. The number of ether oxygens (including phenoxy) is 1. The van der Waals surface area contributed by atoms with E-state index in [2.05, 4.69) is 4.74 Å². The maximum atomic E-state index is 11.3. The van der Waals surface area contributed by atoms with Gasteiger partial charge in [-0.1, -0.05) is 24.3 Å². The first kappa shape index (κ1) is 9.21. The number of carbonyl (C=O) groups is 1. The molecule has 74 valence electrons. The van der Waals surface area contributed by atoms with Crippen LogP contribution in [0.25, 0.3) is 0 Å². The molecule has 14 heavy (non-hydrogen) atoms. The fraction of sp³-hybridized carbons (Fsp3) is 0.364. The van der Waals surface area contributed by atoms with Crippen LogP contribution < -0.4 is 0 Å². The van der Waals surface area contributed by atoms with Gasteiger partial charge in [-0.15, -0.1) is 0 Å². The van der Waals surface area contributed by atoms with Gasteiger partial charge in [-0.3, -0.25) is 4.79 Å². The molecule has 2 rings (SSSR count). The first-order valence-electron chi connectivity index (χ1n) is 4.57. The number of methoxy groups -OCH3 is 1. The van der Waals surface area contributed by atoms with E-state index in [-0.39, 0.29) is 5.97 Å². The molecule has 0 radical (unpaired) electrons. The van der Waals surface area contributed by atoms with Crippen molar-refractivity contribution in [1.29, 1.82) is 0 Å². The second-order valence-electron chi connectivity index (χ2n) is 3.48. The van der Waals surface area contributed by atoms with Crippen LogP contribution in [0.2, 0.25) is 0 Å². The maximum Gasteiger partial charge on any atom is 0.311 e. The molecule has 0 saturated carbocycles. The van der Waals surface area contributed by atoms with E-state index < -0.39 is 12.0 Å². The molecule has 0 spiro atoms. The predicted molar refractivity (Wildman–Crippen MR) is 50.6 cm³/mol. The number of benzene rings is 1. The fourth-order valence-electron chi connectivity index (χ4n) is 1.94. The summed E-state index contributed by atoms with van der Waals surface area (Å²) in [6, 6.07) is 7.55. The summed E-state index contributed by atoms with van der Waals surface area (Å²) < 4.78 is 4.64. The third-order valence-corrected chi connectivity index (χ3v) is 2.70. The Kier molecular flexibility index (Phi) is 2.25. The molecule has 0 saturated heterocycles. The standard InChI is InChI=1S/C11H12O3/c1-14-11(13)9-6-7-4-2-3-5-8(7)10(9)12/h2-5,9-10,12H,6H2,1H3/t9-,10-/m1/s1. The van der Waals surface area contributed by atoms with Gasteiger partial charge in [0.1, 0.15) is 0 Å². The van der Waals surface area contributed by atoms with Crippen LogP contribution in [0.5, 0.6) is 0 Å². The molecule has 3 nitrogen and oxygen atoms in total. The molecule has 1 aliphatic carbocycles. The minimum Gasteiger partial charge on any atom is -0.469 e. The van der Waals surface area contributed by atoms with Crippen molar-refractivity contribution < 1.29 is 14.6 Å². The lowest BCUT2D eigenvalue weighted by molar-refractivity contribution is -0.148. The second kappa shape index (κ2) is 3.42. The Balaban J connectivity index is 2.30. The molecule has 1 aromatic carbocycles. The first-order valence-corrected chi connectivity index (χ1v) is 4.57. The lowest BCUT2D eigenvalue weighted by atomic mass is 10.0. The minimum absolute atomic E-state index is 0.339. The van der Waals surface area contributed by atoms with Crippen LogP contribution >= 0.6 is 0 Å². The summed E-state index contributed by atoms with van der Waals surface area (Å²) >= 11 is 0. The van der Waals surface area contributed by atoms with Crippen LogP contribution in [-0.4, -0.2) is 18.2 Å². The molecule has 0 amide bonds. The van der Waals surface area contributed by atoms with Crippen LogP contribution in [0, 0.1) is 5.92 Å². The fourth-order valence-corrected chi connectivity index (χ4v) is 1.94. The van der Waals surface area contributed by atoms with Gasteiger partial charge in [0.05, 0.1) is 19.1 Å². The van der Waals surface area contributed by atoms with Crippen molar-refractivity contribution in [1.82, 2.24) is 0 Å². The summed E-state index contributed by atoms with van der Waals surface area (Å²) in [6.07, 6.45) is -0.136. The van der Waals surface area contributed by atoms with E-state index in [1.807, 2.05) is 24.3 Å². The SMILES string of the molecule is COC(=O)[C@@H]1Cc2ccccc2[C@H]1O. The molecule has 1 N–H and O–H groups in total.